The lowest BCUT2D eigenvalue weighted by Crippen LogP contribution is -2.18. The fraction of sp³-hybridized carbons (Fsp3) is 0.385. The molecule has 1 aliphatic rings. The minimum atomic E-state index is -5.03. The number of rotatable bonds is 5. The maximum absolute atomic E-state index is 15.0. The molecule has 33 heavy (non-hydrogen) atoms. The van der Waals surface area contributed by atoms with E-state index in [2.05, 4.69) is 11.7 Å². The van der Waals surface area contributed by atoms with Crippen LogP contribution >= 0.6 is 0 Å². The Morgan fingerprint density at radius 3 is 2.15 bits per heavy atom. The first-order valence-electron chi connectivity index (χ1n) is 11.1. The highest BCUT2D eigenvalue weighted by Crippen LogP contribution is 2.40. The molecule has 4 rings (SSSR count). The average molecular weight is 466 g/mol. The third kappa shape index (κ3) is 5.12. The summed E-state index contributed by atoms with van der Waals surface area (Å²) in [4.78, 5) is 0. The summed E-state index contributed by atoms with van der Waals surface area (Å²) in [7, 11) is 0. The number of hydrogen-bond acceptors (Lipinski definition) is 1. The van der Waals surface area contributed by atoms with Crippen LogP contribution in [-0.2, 0) is 0 Å². The molecule has 0 heterocycles. The van der Waals surface area contributed by atoms with Crippen molar-refractivity contribution in [3.63, 3.8) is 0 Å². The molecule has 0 unspecified atom stereocenters. The van der Waals surface area contributed by atoms with Gasteiger partial charge >= 0.3 is 6.36 Å². The molecule has 0 N–H and O–H groups in total. The summed E-state index contributed by atoms with van der Waals surface area (Å²) < 4.78 is 85.5. The third-order valence-electron chi connectivity index (χ3n) is 6.51. The molecule has 1 fully saturated rings. The molecule has 1 nitrogen and oxygen atoms in total. The van der Waals surface area contributed by atoms with Crippen molar-refractivity contribution in [2.75, 3.05) is 0 Å². The van der Waals surface area contributed by atoms with E-state index in [1.165, 1.54) is 42.8 Å². The van der Waals surface area contributed by atoms with Gasteiger partial charge in [-0.1, -0.05) is 38.0 Å². The molecule has 3 aromatic rings. The first-order valence-corrected chi connectivity index (χ1v) is 11.1. The van der Waals surface area contributed by atoms with Gasteiger partial charge in [0.2, 0.25) is 0 Å². The van der Waals surface area contributed by atoms with Crippen LogP contribution in [0.15, 0.2) is 42.5 Å². The molecule has 0 spiro atoms. The van der Waals surface area contributed by atoms with Crippen molar-refractivity contribution < 1.29 is 31.1 Å². The summed E-state index contributed by atoms with van der Waals surface area (Å²) in [5.74, 6) is -2.77. The molecule has 0 amide bonds. The molecular weight excluding hydrogens is 442 g/mol. The maximum atomic E-state index is 15.0. The van der Waals surface area contributed by atoms with Gasteiger partial charge in [0.1, 0.15) is 11.6 Å². The summed E-state index contributed by atoms with van der Waals surface area (Å²) >= 11 is 0. The second-order valence-corrected chi connectivity index (χ2v) is 8.73. The fourth-order valence-corrected chi connectivity index (χ4v) is 4.93. The van der Waals surface area contributed by atoms with Crippen LogP contribution in [0.2, 0.25) is 0 Å². The van der Waals surface area contributed by atoms with E-state index < -0.39 is 29.6 Å². The third-order valence-corrected chi connectivity index (χ3v) is 6.51. The van der Waals surface area contributed by atoms with Gasteiger partial charge in [-0.05, 0) is 78.3 Å². The summed E-state index contributed by atoms with van der Waals surface area (Å²) in [5.41, 5.74) is 0.584. The minimum absolute atomic E-state index is 0.119. The van der Waals surface area contributed by atoms with Crippen molar-refractivity contribution in [3.05, 3.63) is 65.5 Å². The number of alkyl halides is 3. The van der Waals surface area contributed by atoms with E-state index in [0.717, 1.165) is 38.2 Å². The van der Waals surface area contributed by atoms with E-state index in [1.54, 1.807) is 0 Å². The molecular formula is C26H24F6O. The topological polar surface area (TPSA) is 9.23 Å². The van der Waals surface area contributed by atoms with E-state index in [-0.39, 0.29) is 27.8 Å². The van der Waals surface area contributed by atoms with Gasteiger partial charge in [-0.15, -0.1) is 13.2 Å². The zero-order valence-electron chi connectivity index (χ0n) is 18.1. The summed E-state index contributed by atoms with van der Waals surface area (Å²) in [6.45, 7) is 2.16. The number of halogens is 6. The predicted octanol–water partition coefficient (Wildman–Crippen LogP) is 8.90. The highest BCUT2D eigenvalue weighted by molar-refractivity contribution is 5.89. The van der Waals surface area contributed by atoms with Crippen molar-refractivity contribution in [2.45, 2.75) is 57.7 Å². The van der Waals surface area contributed by atoms with E-state index in [0.29, 0.717) is 11.5 Å². The highest BCUT2D eigenvalue weighted by atomic mass is 19.4. The van der Waals surface area contributed by atoms with Crippen LogP contribution < -0.4 is 4.74 Å². The van der Waals surface area contributed by atoms with Crippen LogP contribution in [-0.4, -0.2) is 6.36 Å². The lowest BCUT2D eigenvalue weighted by atomic mass is 9.77. The van der Waals surface area contributed by atoms with E-state index >= 15 is 8.78 Å². The summed E-state index contributed by atoms with van der Waals surface area (Å²) in [5, 5.41) is 0.0680. The summed E-state index contributed by atoms with van der Waals surface area (Å²) in [6, 6.07) is 8.65. The van der Waals surface area contributed by atoms with Crippen LogP contribution in [0.25, 0.3) is 21.9 Å². The Hall–Kier alpha value is -2.70. The standard InChI is InChI=1S/C26H24F6O/c1-2-3-15-4-6-16(7-5-15)19-13-21(27)24(22(28)14-19)18-8-10-20-17(12-18)9-11-23(25(20)29)33-26(30,31)32/h8-16H,2-7H2,1H3/t15-,16-. The van der Waals surface area contributed by atoms with Gasteiger partial charge in [-0.25, -0.2) is 13.2 Å². The van der Waals surface area contributed by atoms with Gasteiger partial charge in [0, 0.05) is 5.39 Å². The van der Waals surface area contributed by atoms with Crippen molar-refractivity contribution in [3.8, 4) is 16.9 Å². The molecule has 0 saturated heterocycles. The maximum Gasteiger partial charge on any atom is 0.573 e. The lowest BCUT2D eigenvalue weighted by Gasteiger charge is -2.29. The predicted molar refractivity (Wildman–Crippen MR) is 116 cm³/mol. The van der Waals surface area contributed by atoms with Gasteiger partial charge in [-0.3, -0.25) is 0 Å². The molecule has 1 aliphatic carbocycles. The Balaban J connectivity index is 1.62. The largest absolute Gasteiger partial charge is 0.573 e. The summed E-state index contributed by atoms with van der Waals surface area (Å²) in [6.07, 6.45) is 1.21. The number of benzene rings is 3. The van der Waals surface area contributed by atoms with Gasteiger partial charge in [0.15, 0.2) is 11.6 Å². The second-order valence-electron chi connectivity index (χ2n) is 8.73. The molecule has 0 bridgehead atoms. The average Bonchev–Trinajstić information content (AvgIpc) is 2.75. The van der Waals surface area contributed by atoms with Gasteiger partial charge in [0.25, 0.3) is 0 Å². The monoisotopic (exact) mass is 466 g/mol. The van der Waals surface area contributed by atoms with Crippen LogP contribution in [0.3, 0.4) is 0 Å². The first-order chi connectivity index (χ1) is 15.7. The number of fused-ring (bicyclic) bond motifs is 1. The lowest BCUT2D eigenvalue weighted by molar-refractivity contribution is -0.275. The van der Waals surface area contributed by atoms with Crippen molar-refractivity contribution >= 4 is 10.8 Å². The van der Waals surface area contributed by atoms with Crippen molar-refractivity contribution in [1.29, 1.82) is 0 Å². The Kier molecular flexibility index (Phi) is 6.59. The Labute approximate surface area is 188 Å². The molecule has 0 atom stereocenters. The van der Waals surface area contributed by atoms with E-state index in [1.807, 2.05) is 0 Å². The molecule has 0 aromatic heterocycles. The molecule has 0 radical (unpaired) electrons. The number of hydrogen-bond donors (Lipinski definition) is 0. The van der Waals surface area contributed by atoms with Crippen LogP contribution in [0.1, 0.15) is 56.9 Å². The zero-order chi connectivity index (χ0) is 23.8. The van der Waals surface area contributed by atoms with Crippen molar-refractivity contribution in [2.24, 2.45) is 5.92 Å². The molecule has 7 heteroatoms. The SMILES string of the molecule is CCC[C@H]1CC[C@H](c2cc(F)c(-c3ccc4c(F)c(OC(F)(F)F)ccc4c3)c(F)c2)CC1. The van der Waals surface area contributed by atoms with Crippen LogP contribution in [0.5, 0.6) is 5.75 Å². The fourth-order valence-electron chi connectivity index (χ4n) is 4.93. The quantitative estimate of drug-likeness (QED) is 0.341. The van der Waals surface area contributed by atoms with Crippen LogP contribution in [0, 0.1) is 23.4 Å². The Bertz CT molecular complexity index is 1120. The second kappa shape index (κ2) is 9.27. The van der Waals surface area contributed by atoms with Crippen LogP contribution in [0.4, 0.5) is 26.3 Å². The normalized spacial score (nSPS) is 19.1. The van der Waals surface area contributed by atoms with Crippen molar-refractivity contribution in [1.82, 2.24) is 0 Å². The van der Waals surface area contributed by atoms with Gasteiger partial charge < -0.3 is 4.74 Å². The number of ether oxygens (including phenoxy) is 1. The Morgan fingerprint density at radius 1 is 0.879 bits per heavy atom. The zero-order valence-corrected chi connectivity index (χ0v) is 18.1. The van der Waals surface area contributed by atoms with Gasteiger partial charge in [-0.2, -0.15) is 0 Å². The minimum Gasteiger partial charge on any atom is -0.403 e. The molecule has 3 aromatic carbocycles. The molecule has 1 saturated carbocycles. The van der Waals surface area contributed by atoms with E-state index in [4.69, 9.17) is 0 Å². The Morgan fingerprint density at radius 2 is 1.55 bits per heavy atom. The highest BCUT2D eigenvalue weighted by Gasteiger charge is 2.32. The molecule has 0 aliphatic heterocycles. The molecule has 176 valence electrons. The smallest absolute Gasteiger partial charge is 0.403 e. The first kappa shape index (κ1) is 23.5. The van der Waals surface area contributed by atoms with Gasteiger partial charge in [0.05, 0.1) is 5.56 Å². The van der Waals surface area contributed by atoms with E-state index in [9.17, 15) is 17.6 Å².